The molecule has 0 saturated heterocycles. The molecule has 3 rings (SSSR count). The summed E-state index contributed by atoms with van der Waals surface area (Å²) in [6.07, 6.45) is 1.09. The van der Waals surface area contributed by atoms with Crippen LogP contribution in [0.5, 0.6) is 0 Å². The second-order valence-corrected chi connectivity index (χ2v) is 5.91. The topological polar surface area (TPSA) is 68.5 Å². The molecule has 116 valence electrons. The number of aryl methyl sites for hydroxylation is 1. The second kappa shape index (κ2) is 5.65. The molecule has 1 aromatic heterocycles. The fourth-order valence-corrected chi connectivity index (χ4v) is 2.43. The van der Waals surface area contributed by atoms with E-state index in [1.807, 2.05) is 6.07 Å². The van der Waals surface area contributed by atoms with Gasteiger partial charge in [0.2, 0.25) is 5.76 Å². The molecule has 1 unspecified atom stereocenters. The van der Waals surface area contributed by atoms with E-state index in [0.717, 1.165) is 18.2 Å². The number of furan rings is 1. The van der Waals surface area contributed by atoms with Crippen molar-refractivity contribution in [3.05, 3.63) is 34.5 Å². The van der Waals surface area contributed by atoms with Crippen LogP contribution >= 0.6 is 11.6 Å². The van der Waals surface area contributed by atoms with Gasteiger partial charge in [0.1, 0.15) is 0 Å². The number of hydrogen-bond donors (Lipinski definition) is 1. The Labute approximate surface area is 132 Å². The molecule has 1 atom stereocenters. The Morgan fingerprint density at radius 3 is 2.77 bits per heavy atom. The van der Waals surface area contributed by atoms with Gasteiger partial charge in [0.05, 0.1) is 5.02 Å². The zero-order valence-electron chi connectivity index (χ0n) is 12.3. The Bertz CT molecular complexity index is 748. The third kappa shape index (κ3) is 2.81. The maximum Gasteiger partial charge on any atom is 0.375 e. The Kier molecular flexibility index (Phi) is 3.83. The van der Waals surface area contributed by atoms with Gasteiger partial charge in [0.25, 0.3) is 5.91 Å². The third-order valence-corrected chi connectivity index (χ3v) is 3.98. The van der Waals surface area contributed by atoms with Crippen molar-refractivity contribution in [1.82, 2.24) is 5.32 Å². The number of esters is 1. The molecule has 1 amide bonds. The fourth-order valence-electron chi connectivity index (χ4n) is 2.22. The molecule has 2 aromatic rings. The number of halogens is 1. The molecule has 0 radical (unpaired) electrons. The van der Waals surface area contributed by atoms with E-state index in [2.05, 4.69) is 5.32 Å². The van der Waals surface area contributed by atoms with E-state index in [9.17, 15) is 9.59 Å². The number of benzene rings is 1. The average molecular weight is 322 g/mol. The standard InChI is InChI=1S/C16H16ClNO4/c1-8-11-4-3-5-12(17)14(11)22-13(8)16(20)21-9(2)15(19)18-10-6-7-10/h3-5,9-10H,6-7H2,1-2H3,(H,18,19). The number of para-hydroxylation sites is 1. The molecule has 1 N–H and O–H groups in total. The SMILES string of the molecule is Cc1c(C(=O)OC(C)C(=O)NC2CC2)oc2c(Cl)cccc12. The summed E-state index contributed by atoms with van der Waals surface area (Å²) in [7, 11) is 0. The number of ether oxygens (including phenoxy) is 1. The summed E-state index contributed by atoms with van der Waals surface area (Å²) in [5.41, 5.74) is 1.10. The quantitative estimate of drug-likeness (QED) is 0.878. The van der Waals surface area contributed by atoms with E-state index in [1.54, 1.807) is 26.0 Å². The highest BCUT2D eigenvalue weighted by molar-refractivity contribution is 6.35. The lowest BCUT2D eigenvalue weighted by molar-refractivity contribution is -0.129. The third-order valence-electron chi connectivity index (χ3n) is 3.68. The molecule has 1 fully saturated rings. The fraction of sp³-hybridized carbons (Fsp3) is 0.375. The summed E-state index contributed by atoms with van der Waals surface area (Å²) in [5, 5.41) is 3.98. The molecule has 1 aliphatic carbocycles. The summed E-state index contributed by atoms with van der Waals surface area (Å²) >= 11 is 6.06. The monoisotopic (exact) mass is 321 g/mol. The lowest BCUT2D eigenvalue weighted by Gasteiger charge is -2.12. The van der Waals surface area contributed by atoms with Crippen molar-refractivity contribution in [2.45, 2.75) is 38.8 Å². The van der Waals surface area contributed by atoms with Crippen molar-refractivity contribution in [3.8, 4) is 0 Å². The molecule has 6 heteroatoms. The normalized spacial score (nSPS) is 15.6. The minimum absolute atomic E-state index is 0.0779. The van der Waals surface area contributed by atoms with Crippen molar-refractivity contribution >= 4 is 34.4 Å². The van der Waals surface area contributed by atoms with Crippen LogP contribution in [0.4, 0.5) is 0 Å². The van der Waals surface area contributed by atoms with Gasteiger partial charge in [-0.15, -0.1) is 0 Å². The Hall–Kier alpha value is -2.01. The van der Waals surface area contributed by atoms with Crippen LogP contribution in [-0.2, 0) is 9.53 Å². The Morgan fingerprint density at radius 1 is 1.41 bits per heavy atom. The van der Waals surface area contributed by atoms with Crippen molar-refractivity contribution in [2.75, 3.05) is 0 Å². The van der Waals surface area contributed by atoms with Crippen molar-refractivity contribution in [2.24, 2.45) is 0 Å². The first-order chi connectivity index (χ1) is 10.5. The minimum Gasteiger partial charge on any atom is -0.447 e. The molecule has 22 heavy (non-hydrogen) atoms. The van der Waals surface area contributed by atoms with Crippen molar-refractivity contribution in [3.63, 3.8) is 0 Å². The van der Waals surface area contributed by atoms with Gasteiger partial charge in [-0.3, -0.25) is 4.79 Å². The summed E-state index contributed by atoms with van der Waals surface area (Å²) in [6, 6.07) is 5.52. The number of rotatable bonds is 4. The number of carbonyl (C=O) groups excluding carboxylic acids is 2. The van der Waals surface area contributed by atoms with Crippen LogP contribution < -0.4 is 5.32 Å². The maximum absolute atomic E-state index is 12.2. The first-order valence-electron chi connectivity index (χ1n) is 7.16. The summed E-state index contributed by atoms with van der Waals surface area (Å²) in [4.78, 5) is 24.1. The van der Waals surface area contributed by atoms with Gasteiger partial charge < -0.3 is 14.5 Å². The number of nitrogens with one attached hydrogen (secondary N) is 1. The van der Waals surface area contributed by atoms with E-state index in [-0.39, 0.29) is 17.7 Å². The summed E-state index contributed by atoms with van der Waals surface area (Å²) in [5.74, 6) is -0.875. The number of fused-ring (bicyclic) bond motifs is 1. The highest BCUT2D eigenvalue weighted by atomic mass is 35.5. The molecule has 0 aliphatic heterocycles. The van der Waals surface area contributed by atoms with Crippen LogP contribution in [0.15, 0.2) is 22.6 Å². The van der Waals surface area contributed by atoms with Gasteiger partial charge in [-0.2, -0.15) is 0 Å². The van der Waals surface area contributed by atoms with Gasteiger partial charge in [-0.25, -0.2) is 4.79 Å². The largest absolute Gasteiger partial charge is 0.447 e. The lowest BCUT2D eigenvalue weighted by Crippen LogP contribution is -2.37. The molecular weight excluding hydrogens is 306 g/mol. The van der Waals surface area contributed by atoms with Crippen molar-refractivity contribution in [1.29, 1.82) is 0 Å². The number of amides is 1. The lowest BCUT2D eigenvalue weighted by atomic mass is 10.1. The first-order valence-corrected chi connectivity index (χ1v) is 7.54. The minimum atomic E-state index is -0.865. The molecule has 5 nitrogen and oxygen atoms in total. The highest BCUT2D eigenvalue weighted by Crippen LogP contribution is 2.31. The van der Waals surface area contributed by atoms with E-state index in [0.29, 0.717) is 16.2 Å². The van der Waals surface area contributed by atoms with Crippen LogP contribution in [0.25, 0.3) is 11.0 Å². The van der Waals surface area contributed by atoms with Crippen LogP contribution in [0.1, 0.15) is 35.9 Å². The maximum atomic E-state index is 12.2. The highest BCUT2D eigenvalue weighted by Gasteiger charge is 2.29. The van der Waals surface area contributed by atoms with Gasteiger partial charge in [0.15, 0.2) is 11.7 Å². The Balaban J connectivity index is 1.78. The second-order valence-electron chi connectivity index (χ2n) is 5.50. The van der Waals surface area contributed by atoms with Gasteiger partial charge in [-0.1, -0.05) is 23.7 Å². The predicted molar refractivity (Wildman–Crippen MR) is 82.0 cm³/mol. The van der Waals surface area contributed by atoms with E-state index >= 15 is 0 Å². The van der Waals surface area contributed by atoms with E-state index < -0.39 is 12.1 Å². The average Bonchev–Trinajstić information content (AvgIpc) is 3.22. The number of hydrogen-bond acceptors (Lipinski definition) is 4. The van der Waals surface area contributed by atoms with Gasteiger partial charge >= 0.3 is 5.97 Å². The van der Waals surface area contributed by atoms with Crippen LogP contribution in [-0.4, -0.2) is 24.0 Å². The van der Waals surface area contributed by atoms with Crippen LogP contribution in [0.2, 0.25) is 5.02 Å². The van der Waals surface area contributed by atoms with E-state index in [1.165, 1.54) is 0 Å². The molecule has 1 aliphatic rings. The smallest absolute Gasteiger partial charge is 0.375 e. The summed E-state index contributed by atoms with van der Waals surface area (Å²) < 4.78 is 10.7. The number of carbonyl (C=O) groups is 2. The van der Waals surface area contributed by atoms with Gasteiger partial charge in [-0.05, 0) is 32.8 Å². The summed E-state index contributed by atoms with van der Waals surface area (Å²) in [6.45, 7) is 3.30. The molecular formula is C16H16ClNO4. The molecule has 1 aromatic carbocycles. The zero-order valence-corrected chi connectivity index (χ0v) is 13.1. The zero-order chi connectivity index (χ0) is 15.9. The molecule has 1 saturated carbocycles. The van der Waals surface area contributed by atoms with Crippen LogP contribution in [0, 0.1) is 6.92 Å². The van der Waals surface area contributed by atoms with Gasteiger partial charge in [0, 0.05) is 17.0 Å². The first kappa shape index (κ1) is 14.9. The van der Waals surface area contributed by atoms with E-state index in [4.69, 9.17) is 20.8 Å². The predicted octanol–water partition coefficient (Wildman–Crippen LogP) is 3.22. The molecule has 0 spiro atoms. The molecule has 1 heterocycles. The van der Waals surface area contributed by atoms with Crippen molar-refractivity contribution < 1.29 is 18.7 Å². The Morgan fingerprint density at radius 2 is 2.14 bits per heavy atom. The van der Waals surface area contributed by atoms with Crippen LogP contribution in [0.3, 0.4) is 0 Å². The molecule has 0 bridgehead atoms.